The van der Waals surface area contributed by atoms with Crippen LogP contribution in [0.15, 0.2) is 102 Å². The van der Waals surface area contributed by atoms with E-state index >= 15 is 0 Å². The molecule has 3 aromatic carbocycles. The minimum atomic E-state index is 0.331. The van der Waals surface area contributed by atoms with Crippen molar-refractivity contribution in [3.63, 3.8) is 0 Å². The molecule has 0 spiro atoms. The summed E-state index contributed by atoms with van der Waals surface area (Å²) in [6.07, 6.45) is 7.13. The van der Waals surface area contributed by atoms with Gasteiger partial charge in [0.05, 0.1) is 26.7 Å². The van der Waals surface area contributed by atoms with Gasteiger partial charge in [-0.15, -0.1) is 0 Å². The standard InChI is InChI=1S/C32H35N5O4/c1-35(2)29-7-5-9-31(19-29)40-17-16-39-22-27-23-41-32(34-27)37(21-26-6-4-8-30(18-26)38-3)20-25-10-12-28(13-11-25)36-15-14-33-24-36/h4-15,18-19,23-24H,16-17,20-22H2,1-3H3. The fraction of sp³-hybridized carbons (Fsp3) is 0.250. The predicted molar refractivity (Wildman–Crippen MR) is 159 cm³/mol. The highest BCUT2D eigenvalue weighted by Crippen LogP contribution is 2.23. The molecule has 0 atom stereocenters. The van der Waals surface area contributed by atoms with E-state index in [1.54, 1.807) is 25.9 Å². The summed E-state index contributed by atoms with van der Waals surface area (Å²) in [7, 11) is 5.68. The van der Waals surface area contributed by atoms with Crippen molar-refractivity contribution in [2.45, 2.75) is 19.7 Å². The van der Waals surface area contributed by atoms with Crippen LogP contribution in [0.2, 0.25) is 0 Å². The second kappa shape index (κ2) is 13.5. The third-order valence-electron chi connectivity index (χ3n) is 6.51. The van der Waals surface area contributed by atoms with Crippen LogP contribution < -0.4 is 19.3 Å². The number of anilines is 2. The maximum atomic E-state index is 5.93. The number of rotatable bonds is 14. The first kappa shape index (κ1) is 27.8. The highest BCUT2D eigenvalue weighted by molar-refractivity contribution is 5.49. The maximum Gasteiger partial charge on any atom is 0.298 e. The Kier molecular flexibility index (Phi) is 9.18. The zero-order valence-corrected chi connectivity index (χ0v) is 23.6. The van der Waals surface area contributed by atoms with Crippen molar-refractivity contribution in [3.8, 4) is 17.2 Å². The Hall–Kier alpha value is -4.76. The molecule has 41 heavy (non-hydrogen) atoms. The molecule has 0 radical (unpaired) electrons. The molecule has 0 saturated heterocycles. The van der Waals surface area contributed by atoms with Crippen LogP contribution in [-0.2, 0) is 24.4 Å². The van der Waals surface area contributed by atoms with Gasteiger partial charge in [0.25, 0.3) is 6.01 Å². The molecule has 0 aliphatic carbocycles. The lowest BCUT2D eigenvalue weighted by atomic mass is 10.1. The fourth-order valence-electron chi connectivity index (χ4n) is 4.34. The van der Waals surface area contributed by atoms with Gasteiger partial charge in [-0.05, 0) is 47.5 Å². The van der Waals surface area contributed by atoms with Crippen molar-refractivity contribution in [3.05, 3.63) is 115 Å². The first-order valence-corrected chi connectivity index (χ1v) is 13.4. The van der Waals surface area contributed by atoms with E-state index in [-0.39, 0.29) is 0 Å². The van der Waals surface area contributed by atoms with Gasteiger partial charge in [-0.3, -0.25) is 0 Å². The van der Waals surface area contributed by atoms with Gasteiger partial charge in [0, 0.05) is 57.0 Å². The summed E-state index contributed by atoms with van der Waals surface area (Å²) in [5, 5.41) is 0. The van der Waals surface area contributed by atoms with E-state index in [4.69, 9.17) is 23.6 Å². The van der Waals surface area contributed by atoms with Crippen LogP contribution in [0.5, 0.6) is 11.5 Å². The predicted octanol–water partition coefficient (Wildman–Crippen LogP) is 5.74. The Labute approximate surface area is 240 Å². The van der Waals surface area contributed by atoms with Gasteiger partial charge in [-0.2, -0.15) is 4.98 Å². The Balaban J connectivity index is 1.21. The number of ether oxygens (including phenoxy) is 3. The van der Waals surface area contributed by atoms with Crippen molar-refractivity contribution >= 4 is 11.7 Å². The van der Waals surface area contributed by atoms with Gasteiger partial charge < -0.3 is 33.0 Å². The number of hydrogen-bond acceptors (Lipinski definition) is 8. The minimum absolute atomic E-state index is 0.331. The van der Waals surface area contributed by atoms with Crippen LogP contribution in [0.4, 0.5) is 11.7 Å². The van der Waals surface area contributed by atoms with Crippen LogP contribution >= 0.6 is 0 Å². The molecule has 0 aliphatic rings. The quantitative estimate of drug-likeness (QED) is 0.161. The summed E-state index contributed by atoms with van der Waals surface area (Å²) in [5.74, 6) is 1.62. The molecule has 2 heterocycles. The monoisotopic (exact) mass is 553 g/mol. The summed E-state index contributed by atoms with van der Waals surface area (Å²) < 4.78 is 25.0. The maximum absolute atomic E-state index is 5.93. The molecule has 5 aromatic rings. The van der Waals surface area contributed by atoms with E-state index in [9.17, 15) is 0 Å². The lowest BCUT2D eigenvalue weighted by molar-refractivity contribution is 0.0869. The highest BCUT2D eigenvalue weighted by atomic mass is 16.5. The molecule has 9 nitrogen and oxygen atoms in total. The smallest absolute Gasteiger partial charge is 0.298 e. The molecular formula is C32H35N5O4. The molecule has 0 amide bonds. The van der Waals surface area contributed by atoms with Gasteiger partial charge in [0.15, 0.2) is 0 Å². The van der Waals surface area contributed by atoms with Gasteiger partial charge in [-0.25, -0.2) is 4.98 Å². The van der Waals surface area contributed by atoms with Crippen LogP contribution in [0, 0.1) is 0 Å². The van der Waals surface area contributed by atoms with Gasteiger partial charge in [-0.1, -0.05) is 30.3 Å². The molecule has 0 unspecified atom stereocenters. The molecular weight excluding hydrogens is 518 g/mol. The molecule has 212 valence electrons. The number of nitrogens with zero attached hydrogens (tertiary/aromatic N) is 5. The summed E-state index contributed by atoms with van der Waals surface area (Å²) in [5.41, 5.74) is 5.08. The van der Waals surface area contributed by atoms with Crippen molar-refractivity contribution in [1.29, 1.82) is 0 Å². The SMILES string of the molecule is COc1cccc(CN(Cc2ccc(-n3ccnc3)cc2)c2nc(COCCOc3cccc(N(C)C)c3)co2)c1. The third-order valence-corrected chi connectivity index (χ3v) is 6.51. The fourth-order valence-corrected chi connectivity index (χ4v) is 4.34. The number of imidazole rings is 1. The van der Waals surface area contributed by atoms with Gasteiger partial charge in [0.2, 0.25) is 0 Å². The third kappa shape index (κ3) is 7.67. The molecule has 0 N–H and O–H groups in total. The van der Waals surface area contributed by atoms with E-state index in [2.05, 4.69) is 40.2 Å². The molecule has 0 saturated carbocycles. The summed E-state index contributed by atoms with van der Waals surface area (Å²) in [6.45, 7) is 2.42. The van der Waals surface area contributed by atoms with E-state index in [1.807, 2.05) is 72.2 Å². The lowest BCUT2D eigenvalue weighted by Crippen LogP contribution is -2.22. The Morgan fingerprint density at radius 2 is 1.68 bits per heavy atom. The molecule has 5 rings (SSSR count). The number of oxazole rings is 1. The van der Waals surface area contributed by atoms with Crippen molar-refractivity contribution in [2.75, 3.05) is 44.2 Å². The van der Waals surface area contributed by atoms with Crippen molar-refractivity contribution in [1.82, 2.24) is 14.5 Å². The topological polar surface area (TPSA) is 78.0 Å². The first-order chi connectivity index (χ1) is 20.1. The van der Waals surface area contributed by atoms with Gasteiger partial charge in [0.1, 0.15) is 30.1 Å². The van der Waals surface area contributed by atoms with Crippen molar-refractivity contribution < 1.29 is 18.6 Å². The minimum Gasteiger partial charge on any atom is -0.497 e. The molecule has 0 bridgehead atoms. The van der Waals surface area contributed by atoms with E-state index < -0.39 is 0 Å². The van der Waals surface area contributed by atoms with Crippen molar-refractivity contribution in [2.24, 2.45) is 0 Å². The Morgan fingerprint density at radius 1 is 0.878 bits per heavy atom. The first-order valence-electron chi connectivity index (χ1n) is 13.4. The number of benzene rings is 3. The van der Waals surface area contributed by atoms with E-state index in [0.29, 0.717) is 38.9 Å². The molecule has 2 aromatic heterocycles. The van der Waals surface area contributed by atoms with Crippen LogP contribution in [0.1, 0.15) is 16.8 Å². The second-order valence-corrected chi connectivity index (χ2v) is 9.76. The normalized spacial score (nSPS) is 10.9. The zero-order valence-electron chi connectivity index (χ0n) is 23.6. The highest BCUT2D eigenvalue weighted by Gasteiger charge is 2.16. The lowest BCUT2D eigenvalue weighted by Gasteiger charge is -2.21. The summed E-state index contributed by atoms with van der Waals surface area (Å²) in [6, 6.07) is 24.9. The van der Waals surface area contributed by atoms with Crippen LogP contribution in [0.25, 0.3) is 5.69 Å². The molecule has 0 fully saturated rings. The Bertz CT molecular complexity index is 1500. The number of methoxy groups -OCH3 is 1. The average molecular weight is 554 g/mol. The molecule has 9 heteroatoms. The Morgan fingerprint density at radius 3 is 2.46 bits per heavy atom. The van der Waals surface area contributed by atoms with E-state index in [0.717, 1.165) is 39.7 Å². The van der Waals surface area contributed by atoms with Crippen LogP contribution in [-0.4, -0.2) is 49.0 Å². The zero-order chi connectivity index (χ0) is 28.4. The average Bonchev–Trinajstić information content (AvgIpc) is 3.71. The largest absolute Gasteiger partial charge is 0.497 e. The summed E-state index contributed by atoms with van der Waals surface area (Å²) >= 11 is 0. The van der Waals surface area contributed by atoms with E-state index in [1.165, 1.54) is 0 Å². The van der Waals surface area contributed by atoms with Crippen LogP contribution in [0.3, 0.4) is 0 Å². The number of hydrogen-bond donors (Lipinski definition) is 0. The number of aromatic nitrogens is 3. The second-order valence-electron chi connectivity index (χ2n) is 9.76. The van der Waals surface area contributed by atoms with Gasteiger partial charge >= 0.3 is 0 Å². The summed E-state index contributed by atoms with van der Waals surface area (Å²) in [4.78, 5) is 13.0. The molecule has 0 aliphatic heterocycles.